The quantitative estimate of drug-likeness (QED) is 0.770. The average Bonchev–Trinajstić information content (AvgIpc) is 2.77. The van der Waals surface area contributed by atoms with Gasteiger partial charge in [0.15, 0.2) is 0 Å². The van der Waals surface area contributed by atoms with Gasteiger partial charge in [-0.25, -0.2) is 0 Å². The molecule has 3 nitrogen and oxygen atoms in total. The minimum absolute atomic E-state index is 0.112. The maximum absolute atomic E-state index is 11.8. The highest BCUT2D eigenvalue weighted by Crippen LogP contribution is 2.25. The number of carbonyl (C=O) groups is 1. The van der Waals surface area contributed by atoms with Crippen molar-refractivity contribution >= 4 is 5.91 Å². The Hall–Kier alpha value is -1.04. The zero-order valence-corrected chi connectivity index (χ0v) is 9.68. The molecular formula is C12H20N2O. The van der Waals surface area contributed by atoms with E-state index in [-0.39, 0.29) is 5.91 Å². The smallest absolute Gasteiger partial charge is 0.240 e. The number of nitrogens with one attached hydrogen (secondary N) is 1. The molecule has 0 aliphatic heterocycles. The van der Waals surface area contributed by atoms with Crippen LogP contribution in [0.25, 0.3) is 0 Å². The van der Waals surface area contributed by atoms with E-state index in [0.29, 0.717) is 12.3 Å². The highest BCUT2D eigenvalue weighted by atomic mass is 16.2. The molecule has 15 heavy (non-hydrogen) atoms. The lowest BCUT2D eigenvalue weighted by molar-refractivity contribution is -0.127. The van der Waals surface area contributed by atoms with Crippen LogP contribution in [0.5, 0.6) is 0 Å². The predicted molar refractivity (Wildman–Crippen MR) is 59.0 cm³/mol. The molecule has 1 N–H and O–H groups in total. The van der Waals surface area contributed by atoms with Gasteiger partial charge in [-0.1, -0.05) is 19.8 Å². The summed E-state index contributed by atoms with van der Waals surface area (Å²) in [5.74, 6) is 0.521. The van der Waals surface area contributed by atoms with Crippen molar-refractivity contribution in [3.05, 3.63) is 0 Å². The Morgan fingerprint density at radius 1 is 1.53 bits per heavy atom. The molecule has 0 spiro atoms. The number of hydrogen-bond donors (Lipinski definition) is 1. The fraction of sp³-hybridized carbons (Fsp3) is 0.833. The van der Waals surface area contributed by atoms with Gasteiger partial charge in [0.05, 0.1) is 6.07 Å². The number of rotatable bonds is 4. The molecule has 1 aliphatic carbocycles. The van der Waals surface area contributed by atoms with Crippen molar-refractivity contribution in [3.63, 3.8) is 0 Å². The van der Waals surface area contributed by atoms with Gasteiger partial charge in [-0.05, 0) is 32.1 Å². The second kappa shape index (κ2) is 5.16. The lowest BCUT2D eigenvalue weighted by Gasteiger charge is -2.20. The van der Waals surface area contributed by atoms with Crippen LogP contribution >= 0.6 is 0 Å². The molecule has 0 aromatic rings. The molecule has 1 amide bonds. The van der Waals surface area contributed by atoms with Crippen LogP contribution in [0.1, 0.15) is 46.0 Å². The zero-order chi connectivity index (χ0) is 11.3. The molecule has 84 valence electrons. The van der Waals surface area contributed by atoms with Crippen molar-refractivity contribution < 1.29 is 4.79 Å². The standard InChI is InChI=1S/C12H20N2O/c1-3-12(2,9-13)11(15)14-8-10-6-4-5-7-10/h10H,3-8H2,1-2H3,(H,14,15). The van der Waals surface area contributed by atoms with Crippen molar-refractivity contribution in [2.75, 3.05) is 6.54 Å². The Morgan fingerprint density at radius 3 is 2.60 bits per heavy atom. The van der Waals surface area contributed by atoms with Gasteiger partial charge in [-0.15, -0.1) is 0 Å². The van der Waals surface area contributed by atoms with Gasteiger partial charge in [-0.2, -0.15) is 5.26 Å². The van der Waals surface area contributed by atoms with Gasteiger partial charge >= 0.3 is 0 Å². The van der Waals surface area contributed by atoms with Crippen molar-refractivity contribution in [1.82, 2.24) is 5.32 Å². The topological polar surface area (TPSA) is 52.9 Å². The average molecular weight is 208 g/mol. The summed E-state index contributed by atoms with van der Waals surface area (Å²) >= 11 is 0. The van der Waals surface area contributed by atoms with Crippen LogP contribution in [0.3, 0.4) is 0 Å². The Morgan fingerprint density at radius 2 is 2.13 bits per heavy atom. The van der Waals surface area contributed by atoms with Gasteiger partial charge < -0.3 is 5.32 Å². The molecular weight excluding hydrogens is 188 g/mol. The van der Waals surface area contributed by atoms with E-state index in [1.54, 1.807) is 6.92 Å². The third-order valence-electron chi connectivity index (χ3n) is 3.48. The summed E-state index contributed by atoms with van der Waals surface area (Å²) in [5, 5.41) is 11.8. The van der Waals surface area contributed by atoms with Crippen LogP contribution in [-0.4, -0.2) is 12.5 Å². The van der Waals surface area contributed by atoms with Crippen LogP contribution in [0.2, 0.25) is 0 Å². The normalized spacial score (nSPS) is 20.6. The summed E-state index contributed by atoms with van der Waals surface area (Å²) in [7, 11) is 0. The van der Waals surface area contributed by atoms with E-state index in [1.165, 1.54) is 25.7 Å². The van der Waals surface area contributed by atoms with Crippen LogP contribution in [0, 0.1) is 22.7 Å². The van der Waals surface area contributed by atoms with Crippen LogP contribution in [-0.2, 0) is 4.79 Å². The Kier molecular flexibility index (Phi) is 4.14. The Labute approximate surface area is 91.9 Å². The van der Waals surface area contributed by atoms with E-state index in [0.717, 1.165) is 6.54 Å². The first-order chi connectivity index (χ1) is 7.12. The first kappa shape index (κ1) is 12.0. The van der Waals surface area contributed by atoms with E-state index in [9.17, 15) is 4.79 Å². The first-order valence-corrected chi connectivity index (χ1v) is 5.82. The predicted octanol–water partition coefficient (Wildman–Crippen LogP) is 2.23. The van der Waals surface area contributed by atoms with Crippen LogP contribution in [0.15, 0.2) is 0 Å². The molecule has 0 aromatic heterocycles. The Balaban J connectivity index is 2.38. The van der Waals surface area contributed by atoms with Gasteiger partial charge in [0.1, 0.15) is 5.41 Å². The van der Waals surface area contributed by atoms with E-state index < -0.39 is 5.41 Å². The molecule has 0 bridgehead atoms. The maximum atomic E-state index is 11.8. The highest BCUT2D eigenvalue weighted by molar-refractivity contribution is 5.84. The van der Waals surface area contributed by atoms with Gasteiger partial charge in [0, 0.05) is 6.54 Å². The molecule has 1 fully saturated rings. The third kappa shape index (κ3) is 2.95. The SMILES string of the molecule is CCC(C)(C#N)C(=O)NCC1CCCC1. The lowest BCUT2D eigenvalue weighted by atomic mass is 9.88. The molecule has 3 heteroatoms. The monoisotopic (exact) mass is 208 g/mol. The molecule has 1 aliphatic rings. The number of nitriles is 1. The van der Waals surface area contributed by atoms with E-state index in [2.05, 4.69) is 11.4 Å². The van der Waals surface area contributed by atoms with Crippen molar-refractivity contribution in [1.29, 1.82) is 5.26 Å². The fourth-order valence-corrected chi connectivity index (χ4v) is 1.94. The van der Waals surface area contributed by atoms with E-state index >= 15 is 0 Å². The van der Waals surface area contributed by atoms with Crippen molar-refractivity contribution in [2.24, 2.45) is 11.3 Å². The van der Waals surface area contributed by atoms with E-state index in [4.69, 9.17) is 5.26 Å². The molecule has 0 saturated heterocycles. The number of nitrogens with zero attached hydrogens (tertiary/aromatic N) is 1. The van der Waals surface area contributed by atoms with Crippen molar-refractivity contribution in [2.45, 2.75) is 46.0 Å². The van der Waals surface area contributed by atoms with Gasteiger partial charge in [0.2, 0.25) is 5.91 Å². The zero-order valence-electron chi connectivity index (χ0n) is 9.68. The first-order valence-electron chi connectivity index (χ1n) is 5.82. The summed E-state index contributed by atoms with van der Waals surface area (Å²) in [6.07, 6.45) is 5.57. The Bertz CT molecular complexity index is 263. The molecule has 1 saturated carbocycles. The highest BCUT2D eigenvalue weighted by Gasteiger charge is 2.31. The van der Waals surface area contributed by atoms with Crippen LogP contribution in [0.4, 0.5) is 0 Å². The molecule has 1 rings (SSSR count). The number of hydrogen-bond acceptors (Lipinski definition) is 2. The molecule has 0 radical (unpaired) electrons. The largest absolute Gasteiger partial charge is 0.354 e. The lowest BCUT2D eigenvalue weighted by Crippen LogP contribution is -2.39. The second-order valence-corrected chi connectivity index (χ2v) is 4.66. The summed E-state index contributed by atoms with van der Waals surface area (Å²) in [6, 6.07) is 2.09. The summed E-state index contributed by atoms with van der Waals surface area (Å²) in [4.78, 5) is 11.8. The minimum Gasteiger partial charge on any atom is -0.354 e. The summed E-state index contributed by atoms with van der Waals surface area (Å²) < 4.78 is 0. The third-order valence-corrected chi connectivity index (χ3v) is 3.48. The molecule has 1 unspecified atom stereocenters. The number of carbonyl (C=O) groups excluding carboxylic acids is 1. The maximum Gasteiger partial charge on any atom is 0.240 e. The van der Waals surface area contributed by atoms with Crippen LogP contribution < -0.4 is 5.32 Å². The molecule has 0 heterocycles. The summed E-state index contributed by atoms with van der Waals surface area (Å²) in [5.41, 5.74) is -0.849. The molecule has 0 aromatic carbocycles. The second-order valence-electron chi connectivity index (χ2n) is 4.66. The summed E-state index contributed by atoms with van der Waals surface area (Å²) in [6.45, 7) is 4.32. The minimum atomic E-state index is -0.849. The van der Waals surface area contributed by atoms with Crippen molar-refractivity contribution in [3.8, 4) is 6.07 Å². The fourth-order valence-electron chi connectivity index (χ4n) is 1.94. The number of amides is 1. The van der Waals surface area contributed by atoms with Gasteiger partial charge in [0.25, 0.3) is 0 Å². The molecule has 1 atom stereocenters. The van der Waals surface area contributed by atoms with E-state index in [1.807, 2.05) is 6.92 Å². The van der Waals surface area contributed by atoms with Gasteiger partial charge in [-0.3, -0.25) is 4.79 Å².